The van der Waals surface area contributed by atoms with Crippen LogP contribution in [0.15, 0.2) is 68.9 Å². The zero-order valence-corrected chi connectivity index (χ0v) is 30.3. The SMILES string of the molecule is S=c1[nH]nc2n1/N=C/c1ccccc1/C=N/n1c(n[nH]c1=S)Cc1n[nH]c(=S)n1/N=C/c1ccccc1/C=N/n1c(n[nH]c1=S)C2.[Cl][Co][Cl]. The second-order valence-electron chi connectivity index (χ2n) is 9.66. The van der Waals surface area contributed by atoms with E-state index < -0.39 is 0 Å². The molecule has 4 N–H and O–H groups in total. The second-order valence-corrected chi connectivity index (χ2v) is 12.9. The van der Waals surface area contributed by atoms with E-state index in [-0.39, 0.29) is 12.8 Å². The van der Waals surface area contributed by atoms with E-state index in [0.717, 1.165) is 22.3 Å². The average Bonchev–Trinajstić information content (AvgIpc) is 3.84. The Morgan fingerprint density at radius 3 is 0.918 bits per heavy atom. The van der Waals surface area contributed by atoms with Crippen LogP contribution >= 0.6 is 69.2 Å². The van der Waals surface area contributed by atoms with Gasteiger partial charge in [-0.05, 0) is 48.9 Å². The first-order valence-electron chi connectivity index (χ1n) is 13.7. The number of aromatic nitrogens is 12. The molecule has 0 spiro atoms. The maximum absolute atomic E-state index is 5.48. The fourth-order valence-electron chi connectivity index (χ4n) is 4.49. The summed E-state index contributed by atoms with van der Waals surface area (Å²) in [6, 6.07) is 15.2. The van der Waals surface area contributed by atoms with Crippen LogP contribution in [-0.2, 0) is 25.7 Å². The predicted molar refractivity (Wildman–Crippen MR) is 192 cm³/mol. The Hall–Kier alpha value is -4.35. The molecule has 251 valence electrons. The molecule has 1 aliphatic heterocycles. The van der Waals surface area contributed by atoms with Crippen LogP contribution in [0.2, 0.25) is 0 Å². The zero-order valence-electron chi connectivity index (χ0n) is 24.4. The molecule has 0 amide bonds. The van der Waals surface area contributed by atoms with Crippen LogP contribution in [0.25, 0.3) is 0 Å². The number of H-pyrrole nitrogens is 4. The van der Waals surface area contributed by atoms with E-state index in [1.165, 1.54) is 18.7 Å². The topological polar surface area (TPSA) is 184 Å². The molecule has 6 aromatic rings. The number of fused-ring (bicyclic) bond motifs is 6. The molecule has 0 unspecified atom stereocenters. The van der Waals surface area contributed by atoms with Gasteiger partial charge in [0.2, 0.25) is 19.1 Å². The molecular formula is C26H20Cl2CoN16S4. The van der Waals surface area contributed by atoms with Gasteiger partial charge in [-0.2, -0.15) is 59.5 Å². The minimum atomic E-state index is 0.213. The van der Waals surface area contributed by atoms with E-state index in [2.05, 4.69) is 61.2 Å². The fraction of sp³-hybridized carbons (Fsp3) is 0.0769. The molecular weight excluding hydrogens is 795 g/mol. The van der Waals surface area contributed by atoms with Gasteiger partial charge in [-0.1, -0.05) is 48.5 Å². The molecule has 0 bridgehead atoms. The average molecular weight is 815 g/mol. The van der Waals surface area contributed by atoms with Gasteiger partial charge in [-0.25, -0.2) is 0 Å². The summed E-state index contributed by atoms with van der Waals surface area (Å²) in [6.45, 7) is 0. The van der Waals surface area contributed by atoms with Crippen molar-refractivity contribution in [1.82, 2.24) is 59.5 Å². The number of halogens is 2. The number of nitrogens with one attached hydrogen (secondary N) is 4. The molecule has 2 aromatic carbocycles. The van der Waals surface area contributed by atoms with Gasteiger partial charge in [-0.3, -0.25) is 20.4 Å². The third-order valence-electron chi connectivity index (χ3n) is 6.74. The zero-order chi connectivity index (χ0) is 34.3. The number of nitrogens with zero attached hydrogens (tertiary/aromatic N) is 12. The number of aromatic amines is 4. The van der Waals surface area contributed by atoms with Crippen LogP contribution in [0.5, 0.6) is 0 Å². The first-order chi connectivity index (χ1) is 23.9. The summed E-state index contributed by atoms with van der Waals surface area (Å²) in [7, 11) is 9.47. The summed E-state index contributed by atoms with van der Waals surface area (Å²) in [5.74, 6) is 1.98. The fourth-order valence-corrected chi connectivity index (χ4v) is 5.28. The van der Waals surface area contributed by atoms with Crippen molar-refractivity contribution >= 4 is 94.0 Å². The van der Waals surface area contributed by atoms with Crippen LogP contribution in [0, 0.1) is 19.1 Å². The van der Waals surface area contributed by atoms with E-state index in [1.807, 2.05) is 48.5 Å². The quantitative estimate of drug-likeness (QED) is 0.153. The van der Waals surface area contributed by atoms with Gasteiger partial charge < -0.3 is 0 Å². The number of benzene rings is 2. The number of hydrogen-bond acceptors (Lipinski definition) is 12. The van der Waals surface area contributed by atoms with Crippen LogP contribution in [-0.4, -0.2) is 84.4 Å². The van der Waals surface area contributed by atoms with Crippen LogP contribution in [0.3, 0.4) is 0 Å². The van der Waals surface area contributed by atoms with Gasteiger partial charge in [0, 0.05) is 22.3 Å². The summed E-state index contributed by atoms with van der Waals surface area (Å²) in [6.07, 6.45) is 7.09. The predicted octanol–water partition coefficient (Wildman–Crippen LogP) is 5.10. The van der Waals surface area contributed by atoms with E-state index in [0.29, 0.717) is 55.3 Å². The molecule has 0 saturated heterocycles. The van der Waals surface area contributed by atoms with Gasteiger partial charge in [0.05, 0.1) is 37.7 Å². The Morgan fingerprint density at radius 1 is 0.469 bits per heavy atom. The molecule has 0 fully saturated rings. The monoisotopic (exact) mass is 813 g/mol. The molecule has 0 saturated carbocycles. The molecule has 49 heavy (non-hydrogen) atoms. The standard InChI is InChI=1S/C26H20N16S4.2ClH.Co/c43-23-35-31-19-9-21-33-37-25(45)41(21)29-13-17-7-3-4-8-18(17)14-30-42-22(34-38-26(42)46)10-20-32-36-24(44)40(20)28-12-16-6-2-1-5-15(16)11-27-39(19)23;;;/h1-8,11-14H,9-10H2,(H,35,43)(H,36,44)(H,37,45)(H,38,46);2*1H;/q;;;+2/p-2/b27-11+,28-12+,29-13+,30-14+;;;. The van der Waals surface area contributed by atoms with Gasteiger partial charge in [0.15, 0.2) is 23.3 Å². The van der Waals surface area contributed by atoms with Crippen molar-refractivity contribution in [2.75, 3.05) is 0 Å². The van der Waals surface area contributed by atoms with Crippen molar-refractivity contribution in [2.45, 2.75) is 12.8 Å². The molecule has 16 nitrogen and oxygen atoms in total. The van der Waals surface area contributed by atoms with Crippen LogP contribution in [0.4, 0.5) is 0 Å². The molecule has 1 aliphatic rings. The van der Waals surface area contributed by atoms with Crippen LogP contribution < -0.4 is 0 Å². The van der Waals surface area contributed by atoms with Crippen molar-refractivity contribution in [3.05, 3.63) is 113 Å². The third-order valence-corrected chi connectivity index (χ3v) is 7.80. The first-order valence-corrected chi connectivity index (χ1v) is 18.2. The molecule has 4 aromatic heterocycles. The number of hydrogen-bond donors (Lipinski definition) is 4. The van der Waals surface area contributed by atoms with E-state index >= 15 is 0 Å². The summed E-state index contributed by atoms with van der Waals surface area (Å²) < 4.78 is 7.28. The van der Waals surface area contributed by atoms with Gasteiger partial charge in [-0.15, -0.1) is 0 Å². The summed E-state index contributed by atoms with van der Waals surface area (Å²) in [5, 5.41) is 47.2. The van der Waals surface area contributed by atoms with Crippen molar-refractivity contribution in [3.63, 3.8) is 0 Å². The Labute approximate surface area is 310 Å². The minimum absolute atomic E-state index is 0.213. The molecule has 23 heteroatoms. The van der Waals surface area contributed by atoms with E-state index in [4.69, 9.17) is 69.2 Å². The van der Waals surface area contributed by atoms with Crippen molar-refractivity contribution < 1.29 is 12.9 Å². The van der Waals surface area contributed by atoms with Gasteiger partial charge in [0.25, 0.3) is 0 Å². The van der Waals surface area contributed by atoms with Crippen molar-refractivity contribution in [2.24, 2.45) is 20.4 Å². The normalized spacial score (nSPS) is 15.3. The van der Waals surface area contributed by atoms with Crippen LogP contribution in [0.1, 0.15) is 45.6 Å². The molecule has 5 heterocycles. The Morgan fingerprint density at radius 2 is 0.694 bits per heavy atom. The molecule has 7 rings (SSSR count). The molecule has 0 radical (unpaired) electrons. The maximum atomic E-state index is 5.48. The summed E-state index contributed by atoms with van der Waals surface area (Å²) >= 11 is 22.3. The molecule has 0 atom stereocenters. The van der Waals surface area contributed by atoms with Gasteiger partial charge in [0.1, 0.15) is 0 Å². The van der Waals surface area contributed by atoms with Crippen molar-refractivity contribution in [1.29, 1.82) is 0 Å². The Kier molecular flexibility index (Phi) is 11.2. The third kappa shape index (κ3) is 7.94. The number of rotatable bonds is 0. The van der Waals surface area contributed by atoms with Crippen molar-refractivity contribution in [3.8, 4) is 0 Å². The van der Waals surface area contributed by atoms with E-state index in [1.54, 1.807) is 24.9 Å². The second kappa shape index (κ2) is 15.9. The summed E-state index contributed by atoms with van der Waals surface area (Å²) in [4.78, 5) is 0. The van der Waals surface area contributed by atoms with Gasteiger partial charge >= 0.3 is 33.2 Å². The Balaban J connectivity index is 0.00000134. The summed E-state index contributed by atoms with van der Waals surface area (Å²) in [5.41, 5.74) is 3.06. The molecule has 0 aliphatic carbocycles. The van der Waals surface area contributed by atoms with E-state index in [9.17, 15) is 0 Å². The Bertz CT molecular complexity index is 2140. The first kappa shape index (κ1) is 34.5.